The molecule has 2 bridgehead atoms. The molecule has 0 saturated carbocycles. The third-order valence-corrected chi connectivity index (χ3v) is 4.10. The monoisotopic (exact) mass is 232 g/mol. The van der Waals surface area contributed by atoms with Crippen LogP contribution in [0.3, 0.4) is 0 Å². The quantitative estimate of drug-likeness (QED) is 0.850. The Morgan fingerprint density at radius 3 is 2.71 bits per heavy atom. The van der Waals surface area contributed by atoms with E-state index < -0.39 is 0 Å². The minimum Gasteiger partial charge on any atom is -0.311 e. The van der Waals surface area contributed by atoms with Crippen LogP contribution in [-0.4, -0.2) is 40.0 Å². The molecule has 2 aliphatic rings. The van der Waals surface area contributed by atoms with Crippen molar-refractivity contribution in [2.45, 2.75) is 50.4 Å². The summed E-state index contributed by atoms with van der Waals surface area (Å²) < 4.78 is 0. The first-order chi connectivity index (χ1) is 8.31. The largest absolute Gasteiger partial charge is 0.311 e. The smallest absolute Gasteiger partial charge is 0.0726 e. The van der Waals surface area contributed by atoms with Gasteiger partial charge in [0.25, 0.3) is 0 Å². The van der Waals surface area contributed by atoms with Gasteiger partial charge in [0.15, 0.2) is 0 Å². The molecule has 17 heavy (non-hydrogen) atoms. The maximum Gasteiger partial charge on any atom is 0.0726 e. The van der Waals surface area contributed by atoms with E-state index in [-0.39, 0.29) is 0 Å². The highest BCUT2D eigenvalue weighted by molar-refractivity contribution is 4.98. The first-order valence-corrected chi connectivity index (χ1v) is 6.52. The highest BCUT2D eigenvalue weighted by atomic mass is 15.2. The molecule has 3 heterocycles. The molecule has 1 aromatic rings. The van der Waals surface area contributed by atoms with Gasteiger partial charge in [-0.1, -0.05) is 0 Å². The molecule has 1 N–H and O–H groups in total. The number of fused-ring (bicyclic) bond motifs is 2. The normalized spacial score (nSPS) is 32.0. The maximum absolute atomic E-state index is 4.35. The average Bonchev–Trinajstić information content (AvgIpc) is 2.69. The maximum atomic E-state index is 4.35. The van der Waals surface area contributed by atoms with Crippen LogP contribution in [0.25, 0.3) is 0 Å². The van der Waals surface area contributed by atoms with Crippen LogP contribution in [-0.2, 0) is 6.54 Å². The van der Waals surface area contributed by atoms with Crippen molar-refractivity contribution in [2.75, 3.05) is 7.05 Å². The number of rotatable bonds is 3. The van der Waals surface area contributed by atoms with Gasteiger partial charge >= 0.3 is 0 Å². The van der Waals surface area contributed by atoms with Crippen molar-refractivity contribution in [1.29, 1.82) is 0 Å². The molecule has 0 aliphatic carbocycles. The fourth-order valence-electron chi connectivity index (χ4n) is 3.18. The number of aromatic nitrogens is 2. The summed E-state index contributed by atoms with van der Waals surface area (Å²) in [5.74, 6) is 0. The Morgan fingerprint density at radius 2 is 2.06 bits per heavy atom. The van der Waals surface area contributed by atoms with Gasteiger partial charge in [-0.25, -0.2) is 0 Å². The predicted molar refractivity (Wildman–Crippen MR) is 66.5 cm³/mol. The van der Waals surface area contributed by atoms with Crippen LogP contribution in [0.15, 0.2) is 18.6 Å². The zero-order valence-corrected chi connectivity index (χ0v) is 10.3. The molecule has 2 aliphatic heterocycles. The molecule has 0 aromatic carbocycles. The lowest BCUT2D eigenvalue weighted by Crippen LogP contribution is -2.46. The fraction of sp³-hybridized carbons (Fsp3) is 0.692. The average molecular weight is 232 g/mol. The standard InChI is InChI=1S/C13H20N4/c1-17(9-12-8-14-4-5-15-12)13-6-10-2-3-11(7-13)16-10/h4-5,8,10-11,13,16H,2-3,6-7,9H2,1H3. The first-order valence-electron chi connectivity index (χ1n) is 6.52. The Labute approximate surface area is 102 Å². The Morgan fingerprint density at radius 1 is 1.29 bits per heavy atom. The lowest BCUT2D eigenvalue weighted by molar-refractivity contribution is 0.164. The zero-order valence-electron chi connectivity index (χ0n) is 10.3. The van der Waals surface area contributed by atoms with Gasteiger partial charge in [-0.2, -0.15) is 0 Å². The SMILES string of the molecule is CN(Cc1cnccn1)C1CC2CCC(C1)N2. The summed E-state index contributed by atoms with van der Waals surface area (Å²) in [5, 5.41) is 3.68. The lowest BCUT2D eigenvalue weighted by Gasteiger charge is -2.35. The van der Waals surface area contributed by atoms with Gasteiger partial charge in [-0.05, 0) is 32.7 Å². The summed E-state index contributed by atoms with van der Waals surface area (Å²) in [7, 11) is 2.21. The first kappa shape index (κ1) is 11.1. The molecule has 1 aromatic heterocycles. The molecular formula is C13H20N4. The lowest BCUT2D eigenvalue weighted by atomic mass is 9.98. The minimum absolute atomic E-state index is 0.704. The summed E-state index contributed by atoms with van der Waals surface area (Å²) in [6.07, 6.45) is 10.7. The molecule has 0 amide bonds. The molecule has 92 valence electrons. The van der Waals surface area contributed by atoms with Crippen LogP contribution in [0.2, 0.25) is 0 Å². The molecule has 4 nitrogen and oxygen atoms in total. The second kappa shape index (κ2) is 4.70. The van der Waals surface area contributed by atoms with E-state index >= 15 is 0 Å². The van der Waals surface area contributed by atoms with Gasteiger partial charge < -0.3 is 5.32 Å². The predicted octanol–water partition coefficient (Wildman–Crippen LogP) is 1.19. The van der Waals surface area contributed by atoms with E-state index in [0.29, 0.717) is 6.04 Å². The van der Waals surface area contributed by atoms with Gasteiger partial charge in [-0.3, -0.25) is 14.9 Å². The van der Waals surface area contributed by atoms with Gasteiger partial charge in [0.05, 0.1) is 5.69 Å². The fourth-order valence-corrected chi connectivity index (χ4v) is 3.18. The van der Waals surface area contributed by atoms with E-state index in [2.05, 4.69) is 27.2 Å². The molecule has 4 heteroatoms. The van der Waals surface area contributed by atoms with Crippen molar-refractivity contribution in [3.63, 3.8) is 0 Å². The number of hydrogen-bond acceptors (Lipinski definition) is 4. The Kier molecular flexibility index (Phi) is 3.07. The van der Waals surface area contributed by atoms with Crippen molar-refractivity contribution in [1.82, 2.24) is 20.2 Å². The number of nitrogens with zero attached hydrogens (tertiary/aromatic N) is 3. The van der Waals surface area contributed by atoms with E-state index in [1.165, 1.54) is 25.7 Å². The Hall–Kier alpha value is -1.00. The molecule has 3 rings (SSSR count). The topological polar surface area (TPSA) is 41.1 Å². The summed E-state index contributed by atoms with van der Waals surface area (Å²) >= 11 is 0. The number of hydrogen-bond donors (Lipinski definition) is 1. The van der Waals surface area contributed by atoms with Crippen LogP contribution in [0, 0.1) is 0 Å². The highest BCUT2D eigenvalue weighted by Crippen LogP contribution is 2.29. The van der Waals surface area contributed by atoms with Crippen LogP contribution in [0.4, 0.5) is 0 Å². The molecule has 2 unspecified atom stereocenters. The molecular weight excluding hydrogens is 212 g/mol. The number of piperidine rings is 1. The summed E-state index contributed by atoms with van der Waals surface area (Å²) in [5.41, 5.74) is 1.07. The van der Waals surface area contributed by atoms with Crippen LogP contribution < -0.4 is 5.32 Å². The van der Waals surface area contributed by atoms with Crippen molar-refractivity contribution in [3.8, 4) is 0 Å². The van der Waals surface area contributed by atoms with Crippen LogP contribution in [0.5, 0.6) is 0 Å². The van der Waals surface area contributed by atoms with Crippen molar-refractivity contribution < 1.29 is 0 Å². The van der Waals surface area contributed by atoms with Crippen molar-refractivity contribution in [2.24, 2.45) is 0 Å². The van der Waals surface area contributed by atoms with Crippen molar-refractivity contribution in [3.05, 3.63) is 24.3 Å². The van der Waals surface area contributed by atoms with E-state index in [4.69, 9.17) is 0 Å². The summed E-state index contributed by atoms with van der Waals surface area (Å²) in [6, 6.07) is 2.21. The summed E-state index contributed by atoms with van der Waals surface area (Å²) in [6.45, 7) is 0.915. The summed E-state index contributed by atoms with van der Waals surface area (Å²) in [4.78, 5) is 10.9. The van der Waals surface area contributed by atoms with Crippen LogP contribution >= 0.6 is 0 Å². The molecule has 2 saturated heterocycles. The van der Waals surface area contributed by atoms with Gasteiger partial charge in [0.2, 0.25) is 0 Å². The Bertz CT molecular complexity index is 355. The number of nitrogens with one attached hydrogen (secondary N) is 1. The molecule has 0 spiro atoms. The third kappa shape index (κ3) is 2.48. The Balaban J connectivity index is 1.61. The van der Waals surface area contributed by atoms with E-state index in [0.717, 1.165) is 24.3 Å². The van der Waals surface area contributed by atoms with Crippen molar-refractivity contribution >= 4 is 0 Å². The second-order valence-electron chi connectivity index (χ2n) is 5.37. The highest BCUT2D eigenvalue weighted by Gasteiger charge is 2.34. The van der Waals surface area contributed by atoms with Gasteiger partial charge in [-0.15, -0.1) is 0 Å². The van der Waals surface area contributed by atoms with E-state index in [1.54, 1.807) is 12.4 Å². The zero-order chi connectivity index (χ0) is 11.7. The second-order valence-corrected chi connectivity index (χ2v) is 5.37. The van der Waals surface area contributed by atoms with E-state index in [9.17, 15) is 0 Å². The molecule has 0 radical (unpaired) electrons. The van der Waals surface area contributed by atoms with E-state index in [1.807, 2.05) is 6.20 Å². The van der Waals surface area contributed by atoms with Gasteiger partial charge in [0.1, 0.15) is 0 Å². The molecule has 2 atom stereocenters. The van der Waals surface area contributed by atoms with Crippen LogP contribution in [0.1, 0.15) is 31.4 Å². The molecule has 2 fully saturated rings. The third-order valence-electron chi connectivity index (χ3n) is 4.10. The minimum atomic E-state index is 0.704. The van der Waals surface area contributed by atoms with Gasteiger partial charge in [0, 0.05) is 43.3 Å².